The first-order chi connectivity index (χ1) is 7.34. The second-order valence-corrected chi connectivity index (χ2v) is 3.78. The van der Waals surface area contributed by atoms with Crippen LogP contribution in [0.4, 0.5) is 4.39 Å². The predicted octanol–water partition coefficient (Wildman–Crippen LogP) is 1.29. The first-order valence-electron chi connectivity index (χ1n) is 5.08. The topological polar surface area (TPSA) is 42.2 Å². The van der Waals surface area contributed by atoms with Gasteiger partial charge in [0.05, 0.1) is 6.04 Å². The van der Waals surface area contributed by atoms with Gasteiger partial charge in [0.25, 0.3) is 0 Å². The smallest absolute Gasteiger partial charge is 0.160 e. The molecule has 3 heterocycles. The Morgan fingerprint density at radius 1 is 1.40 bits per heavy atom. The molecule has 2 aromatic rings. The third kappa shape index (κ3) is 1.39. The van der Waals surface area contributed by atoms with Crippen molar-refractivity contribution >= 4 is 5.65 Å². The Morgan fingerprint density at radius 3 is 3.13 bits per heavy atom. The molecule has 0 radical (unpaired) electrons. The van der Waals surface area contributed by atoms with Crippen molar-refractivity contribution in [3.05, 3.63) is 30.0 Å². The summed E-state index contributed by atoms with van der Waals surface area (Å²) in [5.41, 5.74) is 0.695. The maximum Gasteiger partial charge on any atom is 0.160 e. The van der Waals surface area contributed by atoms with E-state index in [4.69, 9.17) is 0 Å². The minimum atomic E-state index is -0.262. The zero-order valence-corrected chi connectivity index (χ0v) is 8.15. The largest absolute Gasteiger partial charge is 0.307 e. The quantitative estimate of drug-likeness (QED) is 0.764. The number of hydrogen-bond acceptors (Lipinski definition) is 3. The average molecular weight is 206 g/mol. The molecule has 0 bridgehead atoms. The number of nitrogens with one attached hydrogen (secondary N) is 1. The standard InChI is InChI=1S/C10H11FN4/c11-7-3-4-9-13-14-10(15(9)6-7)8-2-1-5-12-8/h3-4,6,8,12H,1-2,5H2/t8-/m0/s1. The molecule has 0 amide bonds. The maximum absolute atomic E-state index is 13.1. The molecule has 0 saturated carbocycles. The van der Waals surface area contributed by atoms with E-state index in [-0.39, 0.29) is 11.9 Å². The lowest BCUT2D eigenvalue weighted by Crippen LogP contribution is -2.15. The summed E-state index contributed by atoms with van der Waals surface area (Å²) in [4.78, 5) is 0. The lowest BCUT2D eigenvalue weighted by Gasteiger charge is -2.07. The third-order valence-corrected chi connectivity index (χ3v) is 2.76. The van der Waals surface area contributed by atoms with Gasteiger partial charge in [-0.2, -0.15) is 0 Å². The SMILES string of the molecule is Fc1ccc2nnc([C@@H]3CCCN3)n2c1. The van der Waals surface area contributed by atoms with Crippen LogP contribution in [0.3, 0.4) is 0 Å². The molecule has 1 N–H and O–H groups in total. The normalized spacial score (nSPS) is 21.3. The first kappa shape index (κ1) is 8.79. The maximum atomic E-state index is 13.1. The van der Waals surface area contributed by atoms with Crippen LogP contribution in [0.2, 0.25) is 0 Å². The fourth-order valence-electron chi connectivity index (χ4n) is 2.03. The number of halogens is 1. The Bertz CT molecular complexity index is 487. The molecule has 1 saturated heterocycles. The zero-order chi connectivity index (χ0) is 10.3. The van der Waals surface area contributed by atoms with Crippen molar-refractivity contribution in [2.24, 2.45) is 0 Å². The lowest BCUT2D eigenvalue weighted by atomic mass is 10.2. The van der Waals surface area contributed by atoms with E-state index in [2.05, 4.69) is 15.5 Å². The van der Waals surface area contributed by atoms with Crippen LogP contribution in [-0.2, 0) is 0 Å². The number of pyridine rings is 1. The van der Waals surface area contributed by atoms with Gasteiger partial charge in [0.2, 0.25) is 0 Å². The highest BCUT2D eigenvalue weighted by Gasteiger charge is 2.21. The van der Waals surface area contributed by atoms with Gasteiger partial charge >= 0.3 is 0 Å². The number of nitrogens with zero attached hydrogens (tertiary/aromatic N) is 3. The Morgan fingerprint density at radius 2 is 2.33 bits per heavy atom. The van der Waals surface area contributed by atoms with E-state index in [0.717, 1.165) is 25.2 Å². The summed E-state index contributed by atoms with van der Waals surface area (Å²) in [5.74, 6) is 0.545. The molecular formula is C10H11FN4. The van der Waals surface area contributed by atoms with Crippen LogP contribution in [0.1, 0.15) is 24.7 Å². The summed E-state index contributed by atoms with van der Waals surface area (Å²) in [6.07, 6.45) is 3.61. The van der Waals surface area contributed by atoms with Crippen LogP contribution < -0.4 is 5.32 Å². The molecule has 0 spiro atoms. The van der Waals surface area contributed by atoms with E-state index in [9.17, 15) is 4.39 Å². The summed E-state index contributed by atoms with van der Waals surface area (Å²) in [5, 5.41) is 11.4. The van der Waals surface area contributed by atoms with Gasteiger partial charge in [0.1, 0.15) is 5.82 Å². The van der Waals surface area contributed by atoms with Crippen molar-refractivity contribution < 1.29 is 4.39 Å². The van der Waals surface area contributed by atoms with Gasteiger partial charge in [-0.1, -0.05) is 0 Å². The summed E-state index contributed by atoms with van der Waals surface area (Å²) in [6, 6.07) is 3.25. The fourth-order valence-corrected chi connectivity index (χ4v) is 2.03. The van der Waals surface area contributed by atoms with E-state index in [1.807, 2.05) is 0 Å². The van der Waals surface area contributed by atoms with E-state index in [1.165, 1.54) is 12.3 Å². The summed E-state index contributed by atoms with van der Waals surface area (Å²) in [7, 11) is 0. The van der Waals surface area contributed by atoms with E-state index in [1.54, 1.807) is 10.5 Å². The van der Waals surface area contributed by atoms with Crippen molar-refractivity contribution in [1.82, 2.24) is 19.9 Å². The van der Waals surface area contributed by atoms with Gasteiger partial charge < -0.3 is 5.32 Å². The number of rotatable bonds is 1. The van der Waals surface area contributed by atoms with Crippen LogP contribution >= 0.6 is 0 Å². The van der Waals surface area contributed by atoms with Crippen molar-refractivity contribution in [3.63, 3.8) is 0 Å². The minimum Gasteiger partial charge on any atom is -0.307 e. The van der Waals surface area contributed by atoms with Gasteiger partial charge in [0, 0.05) is 6.20 Å². The molecule has 1 atom stereocenters. The van der Waals surface area contributed by atoms with Crippen LogP contribution in [-0.4, -0.2) is 21.1 Å². The van der Waals surface area contributed by atoms with E-state index < -0.39 is 0 Å². The fraction of sp³-hybridized carbons (Fsp3) is 0.400. The monoisotopic (exact) mass is 206 g/mol. The number of hydrogen-bond donors (Lipinski definition) is 1. The Balaban J connectivity index is 2.13. The molecular weight excluding hydrogens is 195 g/mol. The third-order valence-electron chi connectivity index (χ3n) is 2.76. The van der Waals surface area contributed by atoms with Gasteiger partial charge in [-0.15, -0.1) is 10.2 Å². The molecule has 5 heteroatoms. The van der Waals surface area contributed by atoms with E-state index in [0.29, 0.717) is 5.65 Å². The highest BCUT2D eigenvalue weighted by atomic mass is 19.1. The van der Waals surface area contributed by atoms with Crippen molar-refractivity contribution in [1.29, 1.82) is 0 Å². The highest BCUT2D eigenvalue weighted by Crippen LogP contribution is 2.21. The van der Waals surface area contributed by atoms with Crippen molar-refractivity contribution in [2.45, 2.75) is 18.9 Å². The van der Waals surface area contributed by atoms with Crippen LogP contribution in [0, 0.1) is 5.82 Å². The second kappa shape index (κ2) is 3.27. The molecule has 0 aromatic carbocycles. The van der Waals surface area contributed by atoms with Crippen molar-refractivity contribution in [3.8, 4) is 0 Å². The van der Waals surface area contributed by atoms with Crippen LogP contribution in [0.15, 0.2) is 18.3 Å². The van der Waals surface area contributed by atoms with Gasteiger partial charge in [0.15, 0.2) is 11.5 Å². The van der Waals surface area contributed by atoms with Gasteiger partial charge in [-0.3, -0.25) is 4.40 Å². The molecule has 3 rings (SSSR count). The highest BCUT2D eigenvalue weighted by molar-refractivity contribution is 5.38. The Labute approximate surface area is 86.1 Å². The molecule has 78 valence electrons. The second-order valence-electron chi connectivity index (χ2n) is 3.78. The molecule has 1 aliphatic rings. The molecule has 4 nitrogen and oxygen atoms in total. The van der Waals surface area contributed by atoms with Gasteiger partial charge in [-0.25, -0.2) is 4.39 Å². The summed E-state index contributed by atoms with van der Waals surface area (Å²) in [6.45, 7) is 0.995. The molecule has 0 unspecified atom stereocenters. The molecule has 1 aliphatic heterocycles. The predicted molar refractivity (Wildman–Crippen MR) is 52.9 cm³/mol. The molecule has 1 fully saturated rings. The molecule has 15 heavy (non-hydrogen) atoms. The molecule has 0 aliphatic carbocycles. The van der Waals surface area contributed by atoms with Crippen LogP contribution in [0.5, 0.6) is 0 Å². The Kier molecular flexibility index (Phi) is 1.92. The summed E-state index contributed by atoms with van der Waals surface area (Å²) < 4.78 is 14.8. The summed E-state index contributed by atoms with van der Waals surface area (Å²) >= 11 is 0. The lowest BCUT2D eigenvalue weighted by molar-refractivity contribution is 0.585. The van der Waals surface area contributed by atoms with E-state index >= 15 is 0 Å². The zero-order valence-electron chi connectivity index (χ0n) is 8.15. The first-order valence-corrected chi connectivity index (χ1v) is 5.08. The average Bonchev–Trinajstić information content (AvgIpc) is 2.83. The minimum absolute atomic E-state index is 0.210. The number of aromatic nitrogens is 3. The van der Waals surface area contributed by atoms with Crippen LogP contribution in [0.25, 0.3) is 5.65 Å². The molecule has 2 aromatic heterocycles. The van der Waals surface area contributed by atoms with Gasteiger partial charge in [-0.05, 0) is 31.5 Å². The van der Waals surface area contributed by atoms with Crippen molar-refractivity contribution in [2.75, 3.05) is 6.54 Å². The Hall–Kier alpha value is -1.49. The number of fused-ring (bicyclic) bond motifs is 1.